The topological polar surface area (TPSA) is 79.9 Å². The summed E-state index contributed by atoms with van der Waals surface area (Å²) in [5, 5.41) is 13.1. The molecule has 5 nitrogen and oxygen atoms in total. The van der Waals surface area contributed by atoms with Crippen molar-refractivity contribution < 1.29 is 9.84 Å². The van der Waals surface area contributed by atoms with Gasteiger partial charge in [0.05, 0.1) is 12.6 Å². The van der Waals surface area contributed by atoms with Gasteiger partial charge in [0.2, 0.25) is 0 Å². The molecule has 1 unspecified atom stereocenters. The minimum atomic E-state index is -0.583. The van der Waals surface area contributed by atoms with Crippen LogP contribution in [0.4, 0.5) is 5.69 Å². The number of benzene rings is 3. The second-order valence-electron chi connectivity index (χ2n) is 6.14. The van der Waals surface area contributed by atoms with Crippen LogP contribution in [0.15, 0.2) is 89.9 Å². The number of aliphatic hydroxyl groups is 1. The second kappa shape index (κ2) is 9.40. The van der Waals surface area contributed by atoms with E-state index in [1.165, 1.54) is 0 Å². The van der Waals surface area contributed by atoms with E-state index in [0.717, 1.165) is 17.0 Å². The highest BCUT2D eigenvalue weighted by molar-refractivity contribution is 5.92. The highest BCUT2D eigenvalue weighted by atomic mass is 16.5. The predicted molar refractivity (Wildman–Crippen MR) is 109 cm³/mol. The van der Waals surface area contributed by atoms with Crippen LogP contribution in [0.25, 0.3) is 0 Å². The van der Waals surface area contributed by atoms with Crippen LogP contribution in [-0.2, 0) is 6.42 Å². The summed E-state index contributed by atoms with van der Waals surface area (Å²) >= 11 is 0. The van der Waals surface area contributed by atoms with Gasteiger partial charge in [0.25, 0.3) is 0 Å². The summed E-state index contributed by atoms with van der Waals surface area (Å²) in [6, 6.07) is 26.8. The maximum atomic E-state index is 10.1. The van der Waals surface area contributed by atoms with Crippen LogP contribution in [0.3, 0.4) is 0 Å². The number of rotatable bonds is 7. The van der Waals surface area contributed by atoms with Gasteiger partial charge in [-0.05, 0) is 29.8 Å². The first-order chi connectivity index (χ1) is 13.2. The number of ether oxygens (including phenoxy) is 1. The summed E-state index contributed by atoms with van der Waals surface area (Å²) in [5.41, 5.74) is 7.77. The van der Waals surface area contributed by atoms with Crippen LogP contribution in [-0.4, -0.2) is 23.7 Å². The molecule has 3 rings (SSSR count). The lowest BCUT2D eigenvalue weighted by atomic mass is 10.1. The minimum Gasteiger partial charge on any atom is -0.457 e. The monoisotopic (exact) mass is 361 g/mol. The number of anilines is 1. The fraction of sp³-hybridized carbons (Fsp3) is 0.136. The SMILES string of the molecule is NC(=NCC(O)Cc1ccccc1)Nc1cccc(Oc2ccccc2)c1. The Balaban J connectivity index is 1.54. The van der Waals surface area contributed by atoms with Crippen LogP contribution >= 0.6 is 0 Å². The molecule has 0 saturated carbocycles. The van der Waals surface area contributed by atoms with E-state index in [2.05, 4.69) is 10.3 Å². The number of nitrogens with zero attached hydrogens (tertiary/aromatic N) is 1. The molecule has 0 aliphatic heterocycles. The van der Waals surface area contributed by atoms with E-state index in [4.69, 9.17) is 10.5 Å². The Labute approximate surface area is 159 Å². The Kier molecular flexibility index (Phi) is 6.44. The van der Waals surface area contributed by atoms with E-state index in [0.29, 0.717) is 12.2 Å². The molecule has 3 aromatic carbocycles. The molecular weight excluding hydrogens is 338 g/mol. The molecule has 0 aliphatic rings. The Morgan fingerprint density at radius 1 is 0.926 bits per heavy atom. The van der Waals surface area contributed by atoms with Crippen molar-refractivity contribution in [1.82, 2.24) is 0 Å². The maximum Gasteiger partial charge on any atom is 0.193 e. The van der Waals surface area contributed by atoms with E-state index >= 15 is 0 Å². The molecule has 0 fully saturated rings. The number of hydrogen-bond acceptors (Lipinski definition) is 3. The van der Waals surface area contributed by atoms with Gasteiger partial charge in [-0.2, -0.15) is 0 Å². The zero-order chi connectivity index (χ0) is 18.9. The quantitative estimate of drug-likeness (QED) is 0.442. The Bertz CT molecular complexity index is 867. The number of guanidine groups is 1. The lowest BCUT2D eigenvalue weighted by Gasteiger charge is -2.11. The molecule has 0 bridgehead atoms. The molecule has 138 valence electrons. The minimum absolute atomic E-state index is 0.230. The molecular formula is C22H23N3O2. The number of para-hydroxylation sites is 1. The summed E-state index contributed by atoms with van der Waals surface area (Å²) in [5.74, 6) is 1.71. The van der Waals surface area contributed by atoms with Crippen LogP contribution < -0.4 is 15.8 Å². The third-order valence-electron chi connectivity index (χ3n) is 3.87. The predicted octanol–water partition coefficient (Wildman–Crippen LogP) is 3.81. The van der Waals surface area contributed by atoms with Gasteiger partial charge in [0.1, 0.15) is 11.5 Å². The number of nitrogens with one attached hydrogen (secondary N) is 1. The molecule has 4 N–H and O–H groups in total. The van der Waals surface area contributed by atoms with Crippen LogP contribution in [0.2, 0.25) is 0 Å². The second-order valence-corrected chi connectivity index (χ2v) is 6.14. The van der Waals surface area contributed by atoms with Crippen molar-refractivity contribution in [1.29, 1.82) is 0 Å². The van der Waals surface area contributed by atoms with Crippen molar-refractivity contribution in [2.75, 3.05) is 11.9 Å². The average molecular weight is 361 g/mol. The third-order valence-corrected chi connectivity index (χ3v) is 3.87. The standard InChI is InChI=1S/C22H23N3O2/c23-22(24-16-19(26)14-17-8-3-1-4-9-17)25-18-10-7-13-21(15-18)27-20-11-5-2-6-12-20/h1-13,15,19,26H,14,16H2,(H3,23,24,25). The average Bonchev–Trinajstić information content (AvgIpc) is 2.68. The van der Waals surface area contributed by atoms with E-state index < -0.39 is 6.10 Å². The van der Waals surface area contributed by atoms with E-state index in [1.807, 2.05) is 84.9 Å². The molecule has 0 spiro atoms. The molecule has 0 saturated heterocycles. The van der Waals surface area contributed by atoms with Crippen LogP contribution in [0.1, 0.15) is 5.56 Å². The zero-order valence-electron chi connectivity index (χ0n) is 15.0. The number of aliphatic hydroxyl groups excluding tert-OH is 1. The van der Waals surface area contributed by atoms with E-state index in [9.17, 15) is 5.11 Å². The first-order valence-electron chi connectivity index (χ1n) is 8.81. The van der Waals surface area contributed by atoms with Gasteiger partial charge in [-0.15, -0.1) is 0 Å². The van der Waals surface area contributed by atoms with Gasteiger partial charge in [0.15, 0.2) is 5.96 Å². The van der Waals surface area contributed by atoms with Crippen molar-refractivity contribution in [2.45, 2.75) is 12.5 Å². The smallest absolute Gasteiger partial charge is 0.193 e. The zero-order valence-corrected chi connectivity index (χ0v) is 15.0. The summed E-state index contributed by atoms with van der Waals surface area (Å²) in [6.45, 7) is 0.230. The van der Waals surface area contributed by atoms with Gasteiger partial charge >= 0.3 is 0 Å². The first kappa shape index (κ1) is 18.5. The molecule has 1 atom stereocenters. The van der Waals surface area contributed by atoms with Crippen LogP contribution in [0, 0.1) is 0 Å². The number of hydrogen-bond donors (Lipinski definition) is 3. The van der Waals surface area contributed by atoms with Crippen molar-refractivity contribution in [3.63, 3.8) is 0 Å². The normalized spacial score (nSPS) is 12.4. The first-order valence-corrected chi connectivity index (χ1v) is 8.81. The molecule has 0 aromatic heterocycles. The highest BCUT2D eigenvalue weighted by Crippen LogP contribution is 2.23. The summed E-state index contributed by atoms with van der Waals surface area (Å²) in [7, 11) is 0. The largest absolute Gasteiger partial charge is 0.457 e. The molecule has 0 heterocycles. The lowest BCUT2D eigenvalue weighted by Crippen LogP contribution is -2.25. The molecule has 0 aliphatic carbocycles. The van der Waals surface area contributed by atoms with Gasteiger partial charge in [-0.1, -0.05) is 54.6 Å². The van der Waals surface area contributed by atoms with E-state index in [-0.39, 0.29) is 12.5 Å². The van der Waals surface area contributed by atoms with Gasteiger partial charge in [0, 0.05) is 18.2 Å². The van der Waals surface area contributed by atoms with Crippen molar-refractivity contribution >= 4 is 11.6 Å². The Morgan fingerprint density at radius 3 is 2.33 bits per heavy atom. The van der Waals surface area contributed by atoms with Crippen molar-refractivity contribution in [3.05, 3.63) is 90.5 Å². The fourth-order valence-electron chi connectivity index (χ4n) is 2.60. The third kappa shape index (κ3) is 6.17. The van der Waals surface area contributed by atoms with Crippen molar-refractivity contribution in [2.24, 2.45) is 10.7 Å². The Hall–Kier alpha value is -3.31. The fourth-order valence-corrected chi connectivity index (χ4v) is 2.60. The molecule has 0 radical (unpaired) electrons. The van der Waals surface area contributed by atoms with Gasteiger partial charge in [-0.25, -0.2) is 0 Å². The van der Waals surface area contributed by atoms with E-state index in [1.54, 1.807) is 0 Å². The lowest BCUT2D eigenvalue weighted by molar-refractivity contribution is 0.184. The van der Waals surface area contributed by atoms with Gasteiger partial charge in [-0.3, -0.25) is 4.99 Å². The van der Waals surface area contributed by atoms with Crippen molar-refractivity contribution in [3.8, 4) is 11.5 Å². The summed E-state index contributed by atoms with van der Waals surface area (Å²) < 4.78 is 5.80. The van der Waals surface area contributed by atoms with Gasteiger partial charge < -0.3 is 20.9 Å². The Morgan fingerprint density at radius 2 is 1.59 bits per heavy atom. The molecule has 0 amide bonds. The molecule has 3 aromatic rings. The molecule has 5 heteroatoms. The molecule has 27 heavy (non-hydrogen) atoms. The summed E-state index contributed by atoms with van der Waals surface area (Å²) in [4.78, 5) is 4.22. The number of aliphatic imine (C=N–C) groups is 1. The summed E-state index contributed by atoms with van der Waals surface area (Å²) in [6.07, 6.45) is -0.0432. The van der Waals surface area contributed by atoms with Crippen LogP contribution in [0.5, 0.6) is 11.5 Å². The highest BCUT2D eigenvalue weighted by Gasteiger charge is 2.05. The number of nitrogens with two attached hydrogens (primary N) is 1. The maximum absolute atomic E-state index is 10.1.